The first-order chi connectivity index (χ1) is 10.1. The van der Waals surface area contributed by atoms with Crippen LogP contribution in [0, 0.1) is 5.41 Å². The average molecular weight is 327 g/mol. The molecule has 1 rings (SSSR count). The minimum Gasteiger partial charge on any atom is -0.355 e. The summed E-state index contributed by atoms with van der Waals surface area (Å²) in [4.78, 5) is 11.6. The van der Waals surface area contributed by atoms with Crippen molar-refractivity contribution in [1.82, 2.24) is 5.32 Å². The summed E-state index contributed by atoms with van der Waals surface area (Å²) in [5, 5.41) is 1.76. The van der Waals surface area contributed by atoms with Gasteiger partial charge in [0.1, 0.15) is 0 Å². The van der Waals surface area contributed by atoms with Crippen LogP contribution in [-0.2, 0) is 11.2 Å². The zero-order valence-corrected chi connectivity index (χ0v) is 11.7. The predicted octanol–water partition coefficient (Wildman–Crippen LogP) is 3.87. The van der Waals surface area contributed by atoms with Crippen molar-refractivity contribution in [3.8, 4) is 0 Å². The molecule has 1 amide bonds. The van der Waals surface area contributed by atoms with Crippen LogP contribution in [0.4, 0.5) is 26.3 Å². The second kappa shape index (κ2) is 6.58. The van der Waals surface area contributed by atoms with Crippen molar-refractivity contribution in [3.05, 3.63) is 35.9 Å². The van der Waals surface area contributed by atoms with E-state index in [9.17, 15) is 31.1 Å². The zero-order chi connectivity index (χ0) is 17.0. The van der Waals surface area contributed by atoms with Crippen molar-refractivity contribution in [2.24, 2.45) is 5.41 Å². The van der Waals surface area contributed by atoms with Crippen molar-refractivity contribution in [2.45, 2.75) is 32.1 Å². The Balaban J connectivity index is 2.86. The number of benzene rings is 1. The third-order valence-corrected chi connectivity index (χ3v) is 3.43. The molecule has 124 valence electrons. The Morgan fingerprint density at radius 1 is 1.00 bits per heavy atom. The maximum absolute atomic E-state index is 12.9. The van der Waals surface area contributed by atoms with Crippen LogP contribution in [0.5, 0.6) is 0 Å². The predicted molar refractivity (Wildman–Crippen MR) is 68.0 cm³/mol. The Labute approximate surface area is 123 Å². The van der Waals surface area contributed by atoms with Gasteiger partial charge in [0.15, 0.2) is 0 Å². The van der Waals surface area contributed by atoms with Crippen molar-refractivity contribution in [1.29, 1.82) is 0 Å². The molecule has 0 heterocycles. The van der Waals surface area contributed by atoms with E-state index in [4.69, 9.17) is 0 Å². The average Bonchev–Trinajstić information content (AvgIpc) is 2.37. The summed E-state index contributed by atoms with van der Waals surface area (Å²) in [6.45, 7) is 0.383. The molecule has 1 N–H and O–H groups in total. The molecule has 0 aliphatic heterocycles. The fourth-order valence-electron chi connectivity index (χ4n) is 2.10. The lowest BCUT2D eigenvalue weighted by atomic mass is 9.82. The Bertz CT molecular complexity index is 480. The number of carbonyl (C=O) groups is 1. The summed E-state index contributed by atoms with van der Waals surface area (Å²) in [7, 11) is 0. The quantitative estimate of drug-likeness (QED) is 0.818. The lowest BCUT2D eigenvalue weighted by molar-refractivity contribution is -0.326. The molecule has 22 heavy (non-hydrogen) atoms. The van der Waals surface area contributed by atoms with E-state index in [0.717, 1.165) is 0 Å². The Hall–Kier alpha value is -1.73. The maximum atomic E-state index is 12.9. The van der Waals surface area contributed by atoms with Gasteiger partial charge in [-0.15, -0.1) is 0 Å². The van der Waals surface area contributed by atoms with Crippen LogP contribution in [0.2, 0.25) is 0 Å². The zero-order valence-electron chi connectivity index (χ0n) is 11.7. The normalized spacial score (nSPS) is 13.0. The summed E-state index contributed by atoms with van der Waals surface area (Å²) in [5.74, 6) is -2.06. The van der Waals surface area contributed by atoms with Gasteiger partial charge in [0.2, 0.25) is 11.3 Å². The first-order valence-corrected chi connectivity index (χ1v) is 6.52. The number of carbonyl (C=O) groups excluding carboxylic acids is 1. The molecule has 0 aliphatic carbocycles. The van der Waals surface area contributed by atoms with E-state index in [2.05, 4.69) is 0 Å². The van der Waals surface area contributed by atoms with Crippen molar-refractivity contribution in [3.63, 3.8) is 0 Å². The van der Waals surface area contributed by atoms with Crippen molar-refractivity contribution < 1.29 is 31.1 Å². The van der Waals surface area contributed by atoms with Gasteiger partial charge in [0, 0.05) is 6.54 Å². The van der Waals surface area contributed by atoms with Gasteiger partial charge < -0.3 is 5.32 Å². The van der Waals surface area contributed by atoms with Crippen molar-refractivity contribution in [2.75, 3.05) is 6.54 Å². The summed E-state index contributed by atoms with van der Waals surface area (Å²) in [6, 6.07) is 8.40. The number of halogens is 6. The number of hydrogen-bond donors (Lipinski definition) is 1. The van der Waals surface area contributed by atoms with Crippen LogP contribution in [0.1, 0.15) is 18.9 Å². The molecular formula is C14H15F6NO. The summed E-state index contributed by atoms with van der Waals surface area (Å²) in [5.41, 5.74) is -3.68. The van der Waals surface area contributed by atoms with E-state index in [-0.39, 0.29) is 13.0 Å². The second-order valence-corrected chi connectivity index (χ2v) is 4.75. The number of nitrogens with one attached hydrogen (secondary N) is 1. The Morgan fingerprint density at radius 3 is 1.91 bits per heavy atom. The highest BCUT2D eigenvalue weighted by Crippen LogP contribution is 2.52. The second-order valence-electron chi connectivity index (χ2n) is 4.75. The highest BCUT2D eigenvalue weighted by atomic mass is 19.4. The van der Waals surface area contributed by atoms with Gasteiger partial charge >= 0.3 is 12.4 Å². The van der Waals surface area contributed by atoms with Gasteiger partial charge in [-0.2, -0.15) is 26.3 Å². The number of hydrogen-bond acceptors (Lipinski definition) is 1. The smallest absolute Gasteiger partial charge is 0.355 e. The topological polar surface area (TPSA) is 29.1 Å². The van der Waals surface area contributed by atoms with Gasteiger partial charge in [-0.1, -0.05) is 37.3 Å². The molecule has 0 bridgehead atoms. The van der Waals surface area contributed by atoms with Crippen LogP contribution in [0.25, 0.3) is 0 Å². The van der Waals surface area contributed by atoms with Gasteiger partial charge in [-0.3, -0.25) is 4.79 Å². The summed E-state index contributed by atoms with van der Waals surface area (Å²) < 4.78 is 77.3. The lowest BCUT2D eigenvalue weighted by Gasteiger charge is -2.34. The van der Waals surface area contributed by atoms with E-state index < -0.39 is 30.1 Å². The molecule has 0 atom stereocenters. The van der Waals surface area contributed by atoms with E-state index >= 15 is 0 Å². The highest BCUT2D eigenvalue weighted by molar-refractivity contribution is 5.84. The standard InChI is InChI=1S/C14H15F6NO/c1-2-12(13(15,16)17,14(18,19)20)11(22)21-9-8-10-6-4-3-5-7-10/h3-7H,2,8-9H2,1H3,(H,21,22). The first kappa shape index (κ1) is 18.3. The Kier molecular flexibility index (Phi) is 5.48. The number of rotatable bonds is 5. The minimum absolute atomic E-state index is 0.141. The minimum atomic E-state index is -5.71. The monoisotopic (exact) mass is 327 g/mol. The fraction of sp³-hybridized carbons (Fsp3) is 0.500. The van der Waals surface area contributed by atoms with Crippen LogP contribution < -0.4 is 5.32 Å². The molecule has 1 aromatic carbocycles. The van der Waals surface area contributed by atoms with Crippen molar-refractivity contribution >= 4 is 5.91 Å². The van der Waals surface area contributed by atoms with Crippen LogP contribution in [-0.4, -0.2) is 24.8 Å². The molecule has 1 aromatic rings. The molecule has 0 saturated heterocycles. The molecule has 0 aliphatic rings. The molecule has 0 radical (unpaired) electrons. The summed E-state index contributed by atoms with van der Waals surface area (Å²) >= 11 is 0. The first-order valence-electron chi connectivity index (χ1n) is 6.52. The molecule has 0 fully saturated rings. The highest BCUT2D eigenvalue weighted by Gasteiger charge is 2.74. The number of alkyl halides is 6. The summed E-state index contributed by atoms with van der Waals surface area (Å²) in [6.07, 6.45) is -12.7. The van der Waals surface area contributed by atoms with Gasteiger partial charge in [-0.05, 0) is 18.4 Å². The largest absolute Gasteiger partial charge is 0.412 e. The van der Waals surface area contributed by atoms with Gasteiger partial charge in [0.05, 0.1) is 0 Å². The SMILES string of the molecule is CCC(C(=O)NCCc1ccccc1)(C(F)(F)F)C(F)(F)F. The van der Waals surface area contributed by atoms with E-state index in [1.165, 1.54) is 0 Å². The van der Waals surface area contributed by atoms with E-state index in [0.29, 0.717) is 12.5 Å². The number of amides is 1. The molecule has 8 heteroatoms. The van der Waals surface area contributed by atoms with Crippen LogP contribution >= 0.6 is 0 Å². The molecular weight excluding hydrogens is 312 g/mol. The third-order valence-electron chi connectivity index (χ3n) is 3.43. The van der Waals surface area contributed by atoms with E-state index in [1.54, 1.807) is 35.6 Å². The van der Waals surface area contributed by atoms with Gasteiger partial charge in [0.25, 0.3) is 0 Å². The van der Waals surface area contributed by atoms with Crippen LogP contribution in [0.15, 0.2) is 30.3 Å². The fourth-order valence-corrected chi connectivity index (χ4v) is 2.10. The molecule has 0 unspecified atom stereocenters. The Morgan fingerprint density at radius 2 is 1.50 bits per heavy atom. The van der Waals surface area contributed by atoms with Crippen LogP contribution in [0.3, 0.4) is 0 Å². The molecule has 0 spiro atoms. The maximum Gasteiger partial charge on any atom is 0.412 e. The van der Waals surface area contributed by atoms with E-state index in [1.807, 2.05) is 0 Å². The third kappa shape index (κ3) is 3.53. The van der Waals surface area contributed by atoms with Gasteiger partial charge in [-0.25, -0.2) is 0 Å². The molecule has 0 aromatic heterocycles. The molecule has 0 saturated carbocycles. The molecule has 2 nitrogen and oxygen atoms in total. The lowest BCUT2D eigenvalue weighted by Crippen LogP contribution is -2.59.